The number of benzene rings is 1. The van der Waals surface area contributed by atoms with Gasteiger partial charge in [0, 0.05) is 0 Å². The molecule has 1 atom stereocenters. The van der Waals surface area contributed by atoms with Crippen molar-refractivity contribution in [3.05, 3.63) is 57.8 Å². The van der Waals surface area contributed by atoms with Gasteiger partial charge in [0.15, 0.2) is 0 Å². The minimum absolute atomic E-state index is 0.0925. The third-order valence-corrected chi connectivity index (χ3v) is 4.75. The largest absolute Gasteiger partial charge is 0.465 e. The van der Waals surface area contributed by atoms with Gasteiger partial charge in [0.25, 0.3) is 5.91 Å². The smallest absolute Gasteiger partial charge is 0.337 e. The molecular weight excluding hydrogens is 328 g/mol. The van der Waals surface area contributed by atoms with E-state index in [-0.39, 0.29) is 12.5 Å². The second-order valence-corrected chi connectivity index (χ2v) is 6.43. The summed E-state index contributed by atoms with van der Waals surface area (Å²) in [5.41, 5.74) is 0.757. The molecule has 0 spiro atoms. The molecule has 7 heteroatoms. The van der Waals surface area contributed by atoms with E-state index < -0.39 is 17.5 Å². The number of imide groups is 1. The molecule has 0 unspecified atom stereocenters. The van der Waals surface area contributed by atoms with Crippen molar-refractivity contribution in [1.29, 1.82) is 0 Å². The Morgan fingerprint density at radius 2 is 2.12 bits per heavy atom. The summed E-state index contributed by atoms with van der Waals surface area (Å²) < 4.78 is 4.69. The van der Waals surface area contributed by atoms with E-state index in [1.165, 1.54) is 18.4 Å². The van der Waals surface area contributed by atoms with Crippen LogP contribution in [0, 0.1) is 0 Å². The molecule has 1 N–H and O–H groups in total. The highest BCUT2D eigenvalue weighted by molar-refractivity contribution is 7.08. The number of amides is 3. The molecular formula is C17H16N2O4S. The first kappa shape index (κ1) is 16.2. The van der Waals surface area contributed by atoms with Gasteiger partial charge in [-0.15, -0.1) is 0 Å². The number of hydrogen-bond donors (Lipinski definition) is 1. The molecule has 3 rings (SSSR count). The average molecular weight is 344 g/mol. The van der Waals surface area contributed by atoms with Crippen LogP contribution in [0.15, 0.2) is 41.1 Å². The highest BCUT2D eigenvalue weighted by Gasteiger charge is 2.49. The Balaban J connectivity index is 1.85. The number of rotatable bonds is 4. The summed E-state index contributed by atoms with van der Waals surface area (Å²) in [5, 5.41) is 6.46. The van der Waals surface area contributed by atoms with E-state index in [9.17, 15) is 14.4 Å². The van der Waals surface area contributed by atoms with Gasteiger partial charge in [0.2, 0.25) is 0 Å². The molecule has 1 aliphatic rings. The molecule has 24 heavy (non-hydrogen) atoms. The Hall–Kier alpha value is -2.67. The van der Waals surface area contributed by atoms with Gasteiger partial charge in [0.1, 0.15) is 5.54 Å². The van der Waals surface area contributed by atoms with Gasteiger partial charge >= 0.3 is 12.0 Å². The van der Waals surface area contributed by atoms with Crippen molar-refractivity contribution in [1.82, 2.24) is 10.2 Å². The van der Waals surface area contributed by atoms with E-state index in [0.717, 1.165) is 10.5 Å². The van der Waals surface area contributed by atoms with Gasteiger partial charge in [-0.25, -0.2) is 9.59 Å². The van der Waals surface area contributed by atoms with Crippen molar-refractivity contribution in [3.63, 3.8) is 0 Å². The highest BCUT2D eigenvalue weighted by atomic mass is 32.1. The molecule has 1 fully saturated rings. The number of carbonyl (C=O) groups is 3. The van der Waals surface area contributed by atoms with Crippen LogP contribution in [0.25, 0.3) is 0 Å². The maximum atomic E-state index is 12.8. The van der Waals surface area contributed by atoms with Crippen LogP contribution in [-0.4, -0.2) is 29.9 Å². The predicted octanol–water partition coefficient (Wildman–Crippen LogP) is 2.50. The van der Waals surface area contributed by atoms with E-state index in [0.29, 0.717) is 11.1 Å². The van der Waals surface area contributed by atoms with E-state index in [4.69, 9.17) is 0 Å². The quantitative estimate of drug-likeness (QED) is 0.683. The minimum Gasteiger partial charge on any atom is -0.465 e. The Labute approximate surface area is 143 Å². The van der Waals surface area contributed by atoms with Gasteiger partial charge in [-0.1, -0.05) is 12.1 Å². The van der Waals surface area contributed by atoms with Crippen molar-refractivity contribution >= 4 is 29.2 Å². The van der Waals surface area contributed by atoms with E-state index in [1.807, 2.05) is 16.8 Å². The Kier molecular flexibility index (Phi) is 4.11. The molecule has 6 nitrogen and oxygen atoms in total. The first-order chi connectivity index (χ1) is 11.5. The number of nitrogens with one attached hydrogen (secondary N) is 1. The number of hydrogen-bond acceptors (Lipinski definition) is 5. The van der Waals surface area contributed by atoms with E-state index in [2.05, 4.69) is 10.1 Å². The second kappa shape index (κ2) is 6.09. The van der Waals surface area contributed by atoms with Crippen molar-refractivity contribution in [2.75, 3.05) is 7.11 Å². The number of ether oxygens (including phenoxy) is 1. The molecule has 1 aromatic carbocycles. The van der Waals surface area contributed by atoms with Crippen LogP contribution < -0.4 is 5.32 Å². The van der Waals surface area contributed by atoms with Crippen LogP contribution in [0.3, 0.4) is 0 Å². The highest BCUT2D eigenvalue weighted by Crippen LogP contribution is 2.31. The monoisotopic (exact) mass is 344 g/mol. The maximum absolute atomic E-state index is 12.8. The van der Waals surface area contributed by atoms with Gasteiger partial charge in [-0.3, -0.25) is 9.69 Å². The molecule has 3 amide bonds. The first-order valence-electron chi connectivity index (χ1n) is 7.30. The Morgan fingerprint density at radius 3 is 2.79 bits per heavy atom. The van der Waals surface area contributed by atoms with Crippen molar-refractivity contribution in [3.8, 4) is 0 Å². The SMILES string of the molecule is COC(=O)c1cccc(CN2C(=O)N[C@](C)(c3ccsc3)C2=O)c1. The zero-order valence-corrected chi connectivity index (χ0v) is 14.1. The minimum atomic E-state index is -1.06. The summed E-state index contributed by atoms with van der Waals surface area (Å²) in [5.74, 6) is -0.772. The number of urea groups is 1. The molecule has 2 aromatic rings. The van der Waals surface area contributed by atoms with Gasteiger partial charge in [-0.05, 0) is 47.0 Å². The molecule has 0 aliphatic carbocycles. The summed E-state index contributed by atoms with van der Waals surface area (Å²) in [6.07, 6.45) is 0. The predicted molar refractivity (Wildman–Crippen MR) is 88.5 cm³/mol. The Morgan fingerprint density at radius 1 is 1.33 bits per heavy atom. The Bertz CT molecular complexity index is 803. The fourth-order valence-electron chi connectivity index (χ4n) is 2.68. The first-order valence-corrected chi connectivity index (χ1v) is 8.24. The topological polar surface area (TPSA) is 75.7 Å². The lowest BCUT2D eigenvalue weighted by molar-refractivity contribution is -0.131. The van der Waals surface area contributed by atoms with Crippen LogP contribution in [-0.2, 0) is 21.6 Å². The lowest BCUT2D eigenvalue weighted by Crippen LogP contribution is -2.40. The standard InChI is InChI=1S/C17H16N2O4S/c1-17(13-6-7-24-10-13)15(21)19(16(22)18-17)9-11-4-3-5-12(8-11)14(20)23-2/h3-8,10H,9H2,1-2H3,(H,18,22)/t17-/m1/s1. The van der Waals surface area contributed by atoms with E-state index in [1.54, 1.807) is 31.2 Å². The molecule has 0 bridgehead atoms. The summed E-state index contributed by atoms with van der Waals surface area (Å²) in [6.45, 7) is 1.79. The zero-order chi connectivity index (χ0) is 17.3. The lowest BCUT2D eigenvalue weighted by atomic mass is 9.95. The fourth-order valence-corrected chi connectivity index (χ4v) is 3.45. The third kappa shape index (κ3) is 2.67. The fraction of sp³-hybridized carbons (Fsp3) is 0.235. The number of thiophene rings is 1. The average Bonchev–Trinajstić information content (AvgIpc) is 3.19. The zero-order valence-electron chi connectivity index (χ0n) is 13.2. The van der Waals surface area contributed by atoms with Crippen LogP contribution in [0.1, 0.15) is 28.4 Å². The summed E-state index contributed by atoms with van der Waals surface area (Å²) >= 11 is 1.47. The van der Waals surface area contributed by atoms with Crippen molar-refractivity contribution in [2.45, 2.75) is 19.0 Å². The van der Waals surface area contributed by atoms with Gasteiger partial charge < -0.3 is 10.1 Å². The second-order valence-electron chi connectivity index (χ2n) is 5.65. The molecule has 0 radical (unpaired) electrons. The van der Waals surface area contributed by atoms with Crippen LogP contribution >= 0.6 is 11.3 Å². The van der Waals surface area contributed by atoms with Crippen molar-refractivity contribution in [2.24, 2.45) is 0 Å². The summed E-state index contributed by atoms with van der Waals surface area (Å²) in [7, 11) is 1.30. The number of esters is 1. The summed E-state index contributed by atoms with van der Waals surface area (Å²) in [4.78, 5) is 37.8. The van der Waals surface area contributed by atoms with Crippen molar-refractivity contribution < 1.29 is 19.1 Å². The molecule has 0 saturated carbocycles. The van der Waals surface area contributed by atoms with Gasteiger partial charge in [0.05, 0.1) is 19.2 Å². The lowest BCUT2D eigenvalue weighted by Gasteiger charge is -2.20. The van der Waals surface area contributed by atoms with Crippen LogP contribution in [0.5, 0.6) is 0 Å². The number of nitrogens with zero attached hydrogens (tertiary/aromatic N) is 1. The van der Waals surface area contributed by atoms with Gasteiger partial charge in [-0.2, -0.15) is 11.3 Å². The summed E-state index contributed by atoms with van der Waals surface area (Å²) in [6, 6.07) is 8.07. The molecule has 1 aliphatic heterocycles. The molecule has 124 valence electrons. The van der Waals surface area contributed by atoms with Crippen LogP contribution in [0.2, 0.25) is 0 Å². The molecule has 2 heterocycles. The van der Waals surface area contributed by atoms with Crippen LogP contribution in [0.4, 0.5) is 4.79 Å². The normalized spacial score (nSPS) is 20.2. The number of methoxy groups -OCH3 is 1. The number of carbonyl (C=O) groups excluding carboxylic acids is 3. The maximum Gasteiger partial charge on any atom is 0.337 e. The molecule has 1 saturated heterocycles. The third-order valence-electron chi connectivity index (χ3n) is 4.06. The molecule has 1 aromatic heterocycles. The van der Waals surface area contributed by atoms with E-state index >= 15 is 0 Å².